The summed E-state index contributed by atoms with van der Waals surface area (Å²) in [6.45, 7) is 4.00. The number of carbonyl (C=O) groups excluding carboxylic acids is 1. The van der Waals surface area contributed by atoms with E-state index in [2.05, 4.69) is 0 Å². The topological polar surface area (TPSA) is 46.5 Å². The van der Waals surface area contributed by atoms with Gasteiger partial charge in [-0.05, 0) is 37.1 Å². The molecule has 14 heavy (non-hydrogen) atoms. The van der Waals surface area contributed by atoms with Crippen molar-refractivity contribution >= 4 is 6.29 Å². The van der Waals surface area contributed by atoms with Gasteiger partial charge in [-0.2, -0.15) is 0 Å². The van der Waals surface area contributed by atoms with Gasteiger partial charge in [-0.15, -0.1) is 0 Å². The SMILES string of the molecule is Cc1cc(OCCO)c(C)cc1C=O. The maximum Gasteiger partial charge on any atom is 0.150 e. The molecule has 0 radical (unpaired) electrons. The van der Waals surface area contributed by atoms with E-state index in [0.717, 1.165) is 23.2 Å². The van der Waals surface area contributed by atoms with E-state index in [1.807, 2.05) is 19.9 Å². The highest BCUT2D eigenvalue weighted by Gasteiger charge is 2.04. The van der Waals surface area contributed by atoms with Crippen LogP contribution in [0.1, 0.15) is 21.5 Å². The molecule has 0 amide bonds. The Balaban J connectivity index is 2.96. The van der Waals surface area contributed by atoms with Crippen LogP contribution in [-0.4, -0.2) is 24.6 Å². The number of aliphatic hydroxyl groups excluding tert-OH is 1. The maximum absolute atomic E-state index is 10.6. The smallest absolute Gasteiger partial charge is 0.150 e. The van der Waals surface area contributed by atoms with Crippen molar-refractivity contribution in [2.24, 2.45) is 0 Å². The van der Waals surface area contributed by atoms with Crippen LogP contribution in [0, 0.1) is 13.8 Å². The van der Waals surface area contributed by atoms with Gasteiger partial charge in [-0.3, -0.25) is 4.79 Å². The molecule has 0 aromatic heterocycles. The number of aryl methyl sites for hydroxylation is 2. The van der Waals surface area contributed by atoms with Crippen LogP contribution in [0.25, 0.3) is 0 Å². The molecule has 1 aromatic carbocycles. The molecule has 0 spiro atoms. The minimum absolute atomic E-state index is 0.00603. The predicted octanol–water partition coefficient (Wildman–Crippen LogP) is 1.49. The first-order valence-electron chi connectivity index (χ1n) is 4.49. The number of rotatable bonds is 4. The van der Waals surface area contributed by atoms with Crippen LogP contribution >= 0.6 is 0 Å². The minimum atomic E-state index is -0.00603. The van der Waals surface area contributed by atoms with E-state index in [9.17, 15) is 4.79 Å². The Labute approximate surface area is 83.3 Å². The number of aldehydes is 1. The molecule has 0 unspecified atom stereocenters. The Morgan fingerprint density at radius 2 is 2.07 bits per heavy atom. The van der Waals surface area contributed by atoms with Crippen LogP contribution in [0.3, 0.4) is 0 Å². The van der Waals surface area contributed by atoms with Gasteiger partial charge < -0.3 is 9.84 Å². The highest BCUT2D eigenvalue weighted by molar-refractivity contribution is 5.78. The predicted molar refractivity (Wildman–Crippen MR) is 53.9 cm³/mol. The molecule has 76 valence electrons. The van der Waals surface area contributed by atoms with Gasteiger partial charge in [0, 0.05) is 5.56 Å². The lowest BCUT2D eigenvalue weighted by Crippen LogP contribution is -2.03. The van der Waals surface area contributed by atoms with Gasteiger partial charge in [0.1, 0.15) is 18.6 Å². The Morgan fingerprint density at radius 3 is 2.64 bits per heavy atom. The van der Waals surface area contributed by atoms with Gasteiger partial charge >= 0.3 is 0 Å². The summed E-state index contributed by atoms with van der Waals surface area (Å²) in [7, 11) is 0. The van der Waals surface area contributed by atoms with E-state index in [1.165, 1.54) is 0 Å². The molecule has 0 saturated carbocycles. The molecule has 0 heterocycles. The third kappa shape index (κ3) is 2.33. The summed E-state index contributed by atoms with van der Waals surface area (Å²) in [5.41, 5.74) is 2.48. The van der Waals surface area contributed by atoms with Crippen LogP contribution in [0.5, 0.6) is 5.75 Å². The van der Waals surface area contributed by atoms with Gasteiger partial charge in [0.05, 0.1) is 6.61 Å². The lowest BCUT2D eigenvalue weighted by molar-refractivity contribution is 0.112. The van der Waals surface area contributed by atoms with E-state index in [0.29, 0.717) is 5.56 Å². The second-order valence-electron chi connectivity index (χ2n) is 3.16. The molecule has 0 bridgehead atoms. The Morgan fingerprint density at radius 1 is 1.36 bits per heavy atom. The quantitative estimate of drug-likeness (QED) is 0.738. The first-order chi connectivity index (χ1) is 6.69. The van der Waals surface area contributed by atoms with Crippen LogP contribution in [-0.2, 0) is 0 Å². The molecule has 0 aliphatic rings. The lowest BCUT2D eigenvalue weighted by atomic mass is 10.1. The zero-order valence-corrected chi connectivity index (χ0v) is 8.41. The zero-order chi connectivity index (χ0) is 10.6. The van der Waals surface area contributed by atoms with Crippen LogP contribution in [0.4, 0.5) is 0 Å². The second kappa shape index (κ2) is 4.77. The lowest BCUT2D eigenvalue weighted by Gasteiger charge is -2.09. The molecule has 3 heteroatoms. The third-order valence-electron chi connectivity index (χ3n) is 2.04. The fourth-order valence-electron chi connectivity index (χ4n) is 1.25. The fourth-order valence-corrected chi connectivity index (χ4v) is 1.25. The van der Waals surface area contributed by atoms with E-state index >= 15 is 0 Å². The van der Waals surface area contributed by atoms with Crippen molar-refractivity contribution in [2.45, 2.75) is 13.8 Å². The van der Waals surface area contributed by atoms with Crippen molar-refractivity contribution in [3.8, 4) is 5.75 Å². The Bertz CT molecular complexity index is 332. The molecule has 0 atom stereocenters. The summed E-state index contributed by atoms with van der Waals surface area (Å²) < 4.78 is 5.30. The third-order valence-corrected chi connectivity index (χ3v) is 2.04. The number of benzene rings is 1. The standard InChI is InChI=1S/C11H14O3/c1-8-6-11(14-4-3-12)9(2)5-10(8)7-13/h5-7,12H,3-4H2,1-2H3. The first kappa shape index (κ1) is 10.7. The monoisotopic (exact) mass is 194 g/mol. The van der Waals surface area contributed by atoms with E-state index in [4.69, 9.17) is 9.84 Å². The average molecular weight is 194 g/mol. The van der Waals surface area contributed by atoms with Crippen molar-refractivity contribution in [3.05, 3.63) is 28.8 Å². The summed E-state index contributed by atoms with van der Waals surface area (Å²) in [6, 6.07) is 3.60. The molecule has 3 nitrogen and oxygen atoms in total. The van der Waals surface area contributed by atoms with Gasteiger partial charge in [0.25, 0.3) is 0 Å². The van der Waals surface area contributed by atoms with Crippen LogP contribution < -0.4 is 4.74 Å². The van der Waals surface area contributed by atoms with Gasteiger partial charge in [-0.25, -0.2) is 0 Å². The number of hydrogen-bond donors (Lipinski definition) is 1. The summed E-state index contributed by atoms with van der Waals surface area (Å²) >= 11 is 0. The van der Waals surface area contributed by atoms with Crippen molar-refractivity contribution in [1.29, 1.82) is 0 Å². The molecule has 1 aromatic rings. The molecule has 0 aliphatic carbocycles. The first-order valence-corrected chi connectivity index (χ1v) is 4.49. The van der Waals surface area contributed by atoms with E-state index in [1.54, 1.807) is 6.07 Å². The minimum Gasteiger partial charge on any atom is -0.491 e. The highest BCUT2D eigenvalue weighted by atomic mass is 16.5. The van der Waals surface area contributed by atoms with Gasteiger partial charge in [0.15, 0.2) is 0 Å². The van der Waals surface area contributed by atoms with Gasteiger partial charge in [0.2, 0.25) is 0 Å². The van der Waals surface area contributed by atoms with Crippen molar-refractivity contribution in [1.82, 2.24) is 0 Å². The van der Waals surface area contributed by atoms with Crippen molar-refractivity contribution in [2.75, 3.05) is 13.2 Å². The number of aliphatic hydroxyl groups is 1. The van der Waals surface area contributed by atoms with E-state index < -0.39 is 0 Å². The number of carbonyl (C=O) groups is 1. The zero-order valence-electron chi connectivity index (χ0n) is 8.41. The Kier molecular flexibility index (Phi) is 3.65. The molecule has 1 N–H and O–H groups in total. The normalized spacial score (nSPS) is 9.93. The molecule has 1 rings (SSSR count). The van der Waals surface area contributed by atoms with Crippen LogP contribution in [0.2, 0.25) is 0 Å². The highest BCUT2D eigenvalue weighted by Crippen LogP contribution is 2.21. The van der Waals surface area contributed by atoms with E-state index in [-0.39, 0.29) is 13.2 Å². The molecular formula is C11H14O3. The second-order valence-corrected chi connectivity index (χ2v) is 3.16. The number of hydrogen-bond acceptors (Lipinski definition) is 3. The molecule has 0 saturated heterocycles. The molecular weight excluding hydrogens is 180 g/mol. The van der Waals surface area contributed by atoms with Crippen molar-refractivity contribution < 1.29 is 14.6 Å². The maximum atomic E-state index is 10.6. The Hall–Kier alpha value is -1.35. The summed E-state index contributed by atoms with van der Waals surface area (Å²) in [5.74, 6) is 0.724. The number of ether oxygens (including phenoxy) is 1. The van der Waals surface area contributed by atoms with Crippen LogP contribution in [0.15, 0.2) is 12.1 Å². The van der Waals surface area contributed by atoms with Gasteiger partial charge in [-0.1, -0.05) is 0 Å². The fraction of sp³-hybridized carbons (Fsp3) is 0.364. The summed E-state index contributed by atoms with van der Waals surface area (Å²) in [6.07, 6.45) is 0.832. The summed E-state index contributed by atoms with van der Waals surface area (Å²) in [5, 5.41) is 8.61. The molecule has 0 fully saturated rings. The van der Waals surface area contributed by atoms with Crippen molar-refractivity contribution in [3.63, 3.8) is 0 Å². The average Bonchev–Trinajstić information content (AvgIpc) is 2.18. The largest absolute Gasteiger partial charge is 0.491 e. The molecule has 0 aliphatic heterocycles. The summed E-state index contributed by atoms with van der Waals surface area (Å²) in [4.78, 5) is 10.6.